The van der Waals surface area contributed by atoms with Crippen LogP contribution >= 0.6 is 11.3 Å². The zero-order chi connectivity index (χ0) is 13.0. The molecular weight excluding hydrogens is 250 g/mol. The van der Waals surface area contributed by atoms with Crippen LogP contribution in [0.15, 0.2) is 21.9 Å². The average molecular weight is 263 g/mol. The van der Waals surface area contributed by atoms with Crippen LogP contribution in [-0.4, -0.2) is 17.6 Å². The number of hydrogen-bond acceptors (Lipinski definition) is 5. The summed E-state index contributed by atoms with van der Waals surface area (Å²) in [7, 11) is 0. The predicted molar refractivity (Wildman–Crippen MR) is 70.4 cm³/mol. The minimum atomic E-state index is -0.458. The first-order valence-electron chi connectivity index (χ1n) is 5.57. The van der Waals surface area contributed by atoms with E-state index in [1.807, 2.05) is 23.6 Å². The van der Waals surface area contributed by atoms with Crippen LogP contribution in [0.2, 0.25) is 0 Å². The number of rotatable bonds is 4. The second kappa shape index (κ2) is 5.64. The third kappa shape index (κ3) is 2.87. The highest BCUT2D eigenvalue weighted by molar-refractivity contribution is 7.10. The molecule has 0 bridgehead atoms. The number of esters is 1. The van der Waals surface area contributed by atoms with Gasteiger partial charge in [0.05, 0.1) is 6.61 Å². The van der Waals surface area contributed by atoms with Crippen LogP contribution in [0.25, 0.3) is 12.2 Å². The fourth-order valence-electron chi connectivity index (χ4n) is 1.45. The molecule has 94 valence electrons. The smallest absolute Gasteiger partial charge is 0.360 e. The molecule has 0 fully saturated rings. The third-order valence-electron chi connectivity index (χ3n) is 2.17. The van der Waals surface area contributed by atoms with E-state index in [1.165, 1.54) is 0 Å². The van der Waals surface area contributed by atoms with E-state index in [0.717, 1.165) is 4.88 Å². The van der Waals surface area contributed by atoms with Crippen LogP contribution in [0.4, 0.5) is 0 Å². The summed E-state index contributed by atoms with van der Waals surface area (Å²) in [5.74, 6) is 0.420. The highest BCUT2D eigenvalue weighted by Crippen LogP contribution is 2.17. The SMILES string of the molecule is CCOC(=O)c1nc(C)oc1/C=C/c1cccs1. The fraction of sp³-hybridized carbons (Fsp3) is 0.231. The maximum absolute atomic E-state index is 11.7. The lowest BCUT2D eigenvalue weighted by molar-refractivity contribution is 0.0519. The topological polar surface area (TPSA) is 52.3 Å². The molecule has 0 unspecified atom stereocenters. The lowest BCUT2D eigenvalue weighted by atomic mass is 10.3. The lowest BCUT2D eigenvalue weighted by Crippen LogP contribution is -2.06. The Kier molecular flexibility index (Phi) is 3.94. The van der Waals surface area contributed by atoms with Crippen LogP contribution < -0.4 is 0 Å². The molecule has 2 rings (SSSR count). The largest absolute Gasteiger partial charge is 0.461 e. The number of nitrogens with zero attached hydrogens (tertiary/aromatic N) is 1. The van der Waals surface area contributed by atoms with Crippen LogP contribution in [0, 0.1) is 6.92 Å². The van der Waals surface area contributed by atoms with Gasteiger partial charge in [-0.2, -0.15) is 0 Å². The number of carbonyl (C=O) groups excluding carboxylic acids is 1. The van der Waals surface area contributed by atoms with Crippen LogP contribution in [0.5, 0.6) is 0 Å². The molecule has 4 nitrogen and oxygen atoms in total. The Morgan fingerprint density at radius 1 is 1.56 bits per heavy atom. The average Bonchev–Trinajstić information content (AvgIpc) is 2.95. The molecule has 0 saturated carbocycles. The molecule has 5 heteroatoms. The molecular formula is C13H13NO3S. The number of oxazole rings is 1. The van der Waals surface area contributed by atoms with Crippen molar-refractivity contribution in [2.45, 2.75) is 13.8 Å². The van der Waals surface area contributed by atoms with Gasteiger partial charge in [-0.05, 0) is 30.5 Å². The zero-order valence-electron chi connectivity index (χ0n) is 10.2. The van der Waals surface area contributed by atoms with E-state index in [-0.39, 0.29) is 5.69 Å². The van der Waals surface area contributed by atoms with Gasteiger partial charge in [-0.1, -0.05) is 6.07 Å². The molecule has 2 heterocycles. The summed E-state index contributed by atoms with van der Waals surface area (Å²) in [6.45, 7) is 3.77. The van der Waals surface area contributed by atoms with Gasteiger partial charge < -0.3 is 9.15 Å². The summed E-state index contributed by atoms with van der Waals surface area (Å²) in [4.78, 5) is 16.8. The summed E-state index contributed by atoms with van der Waals surface area (Å²) in [6.07, 6.45) is 3.62. The molecule has 0 radical (unpaired) electrons. The Labute approximate surface area is 109 Å². The number of ether oxygens (including phenoxy) is 1. The minimum absolute atomic E-state index is 0.224. The van der Waals surface area contributed by atoms with E-state index in [9.17, 15) is 4.79 Å². The second-order valence-corrected chi connectivity index (χ2v) is 4.49. The molecule has 0 aromatic carbocycles. The van der Waals surface area contributed by atoms with Gasteiger partial charge in [-0.25, -0.2) is 9.78 Å². The molecule has 0 N–H and O–H groups in total. The molecule has 0 aliphatic heterocycles. The van der Waals surface area contributed by atoms with Crippen molar-refractivity contribution >= 4 is 29.5 Å². The van der Waals surface area contributed by atoms with Crippen molar-refractivity contribution in [3.63, 3.8) is 0 Å². The van der Waals surface area contributed by atoms with Gasteiger partial charge in [0.2, 0.25) is 0 Å². The molecule has 0 aliphatic carbocycles. The van der Waals surface area contributed by atoms with Crippen LogP contribution in [0.1, 0.15) is 33.9 Å². The minimum Gasteiger partial charge on any atom is -0.461 e. The Hall–Kier alpha value is -1.88. The van der Waals surface area contributed by atoms with Gasteiger partial charge >= 0.3 is 5.97 Å². The Morgan fingerprint density at radius 2 is 2.39 bits per heavy atom. The van der Waals surface area contributed by atoms with Crippen LogP contribution in [-0.2, 0) is 4.74 Å². The van der Waals surface area contributed by atoms with Crippen molar-refractivity contribution in [1.82, 2.24) is 4.98 Å². The molecule has 18 heavy (non-hydrogen) atoms. The van der Waals surface area contributed by atoms with Crippen molar-refractivity contribution in [3.05, 3.63) is 39.7 Å². The highest BCUT2D eigenvalue weighted by atomic mass is 32.1. The van der Waals surface area contributed by atoms with Gasteiger partial charge in [0.25, 0.3) is 0 Å². The molecule has 0 spiro atoms. The Bertz CT molecular complexity index is 555. The quantitative estimate of drug-likeness (QED) is 0.793. The summed E-state index contributed by atoms with van der Waals surface area (Å²) >= 11 is 1.61. The molecule has 0 amide bonds. The monoisotopic (exact) mass is 263 g/mol. The van der Waals surface area contributed by atoms with Crippen molar-refractivity contribution in [2.24, 2.45) is 0 Å². The van der Waals surface area contributed by atoms with E-state index >= 15 is 0 Å². The normalized spacial score (nSPS) is 11.0. The van der Waals surface area contributed by atoms with Crippen molar-refractivity contribution < 1.29 is 13.9 Å². The summed E-state index contributed by atoms with van der Waals surface area (Å²) in [5, 5.41) is 1.98. The first-order chi connectivity index (χ1) is 8.70. The van der Waals surface area contributed by atoms with E-state index < -0.39 is 5.97 Å². The first-order valence-corrected chi connectivity index (χ1v) is 6.44. The van der Waals surface area contributed by atoms with E-state index in [0.29, 0.717) is 18.3 Å². The number of aryl methyl sites for hydroxylation is 1. The van der Waals surface area contributed by atoms with Gasteiger partial charge in [-0.15, -0.1) is 11.3 Å². The molecule has 0 saturated heterocycles. The lowest BCUT2D eigenvalue weighted by Gasteiger charge is -1.97. The van der Waals surface area contributed by atoms with Gasteiger partial charge in [-0.3, -0.25) is 0 Å². The highest BCUT2D eigenvalue weighted by Gasteiger charge is 2.17. The molecule has 2 aromatic rings. The van der Waals surface area contributed by atoms with Crippen molar-refractivity contribution in [3.8, 4) is 0 Å². The predicted octanol–water partition coefficient (Wildman–Crippen LogP) is 3.39. The molecule has 0 atom stereocenters. The second-order valence-electron chi connectivity index (χ2n) is 3.51. The van der Waals surface area contributed by atoms with Crippen molar-refractivity contribution in [2.75, 3.05) is 6.61 Å². The van der Waals surface area contributed by atoms with Gasteiger partial charge in [0, 0.05) is 11.8 Å². The maximum Gasteiger partial charge on any atom is 0.360 e. The van der Waals surface area contributed by atoms with E-state index in [1.54, 1.807) is 31.3 Å². The number of thiophene rings is 1. The number of carbonyl (C=O) groups is 1. The number of aromatic nitrogens is 1. The zero-order valence-corrected chi connectivity index (χ0v) is 11.0. The van der Waals surface area contributed by atoms with Crippen molar-refractivity contribution in [1.29, 1.82) is 0 Å². The summed E-state index contributed by atoms with van der Waals surface area (Å²) < 4.78 is 10.3. The summed E-state index contributed by atoms with van der Waals surface area (Å²) in [5.41, 5.74) is 0.224. The Balaban J connectivity index is 2.25. The van der Waals surface area contributed by atoms with E-state index in [2.05, 4.69) is 4.98 Å². The first kappa shape index (κ1) is 12.6. The molecule has 0 aliphatic rings. The number of hydrogen-bond donors (Lipinski definition) is 0. The van der Waals surface area contributed by atoms with Gasteiger partial charge in [0.15, 0.2) is 17.3 Å². The van der Waals surface area contributed by atoms with Gasteiger partial charge in [0.1, 0.15) is 0 Å². The molecule has 2 aromatic heterocycles. The fourth-order valence-corrected chi connectivity index (χ4v) is 2.06. The standard InChI is InChI=1S/C13H13NO3S/c1-3-16-13(15)12-11(17-9(2)14-12)7-6-10-5-4-8-18-10/h4-8H,3H2,1-2H3/b7-6+. The van der Waals surface area contributed by atoms with Crippen LogP contribution in [0.3, 0.4) is 0 Å². The summed E-state index contributed by atoms with van der Waals surface area (Å²) in [6, 6.07) is 3.94. The third-order valence-corrected chi connectivity index (χ3v) is 3.01. The Morgan fingerprint density at radius 3 is 3.06 bits per heavy atom. The van der Waals surface area contributed by atoms with E-state index in [4.69, 9.17) is 9.15 Å². The maximum atomic E-state index is 11.7.